The summed E-state index contributed by atoms with van der Waals surface area (Å²) in [6.07, 6.45) is 3.96. The summed E-state index contributed by atoms with van der Waals surface area (Å²) in [7, 11) is 0. The molecule has 0 spiro atoms. The zero-order valence-corrected chi connectivity index (χ0v) is 23.2. The lowest BCUT2D eigenvalue weighted by molar-refractivity contribution is -0.206. The highest BCUT2D eigenvalue weighted by Gasteiger charge is 2.38. The number of benzene rings is 1. The van der Waals surface area contributed by atoms with Crippen LogP contribution in [0.4, 0.5) is 0 Å². The van der Waals surface area contributed by atoms with E-state index in [-0.39, 0.29) is 30.7 Å². The molecular weight excluding hydrogens is 472 g/mol. The second-order valence-electron chi connectivity index (χ2n) is 10.7. The van der Waals surface area contributed by atoms with Gasteiger partial charge in [-0.3, -0.25) is 14.4 Å². The van der Waals surface area contributed by atoms with E-state index in [2.05, 4.69) is 5.48 Å². The van der Waals surface area contributed by atoms with E-state index in [4.69, 9.17) is 15.3 Å². The monoisotopic (exact) mass is 518 g/mol. The Morgan fingerprint density at radius 3 is 2.35 bits per heavy atom. The number of ether oxygens (including phenoxy) is 1. The summed E-state index contributed by atoms with van der Waals surface area (Å²) in [6.45, 7) is 10.2. The van der Waals surface area contributed by atoms with Crippen LogP contribution in [-0.4, -0.2) is 59.3 Å². The lowest BCUT2D eigenvalue weighted by Crippen LogP contribution is -2.62. The molecule has 1 aliphatic heterocycles. The van der Waals surface area contributed by atoms with Gasteiger partial charge in [0, 0.05) is 26.0 Å². The number of nitrogens with zero attached hydrogens (tertiary/aromatic N) is 2. The highest BCUT2D eigenvalue weighted by atomic mass is 16.8. The Hall–Kier alpha value is -2.49. The summed E-state index contributed by atoms with van der Waals surface area (Å²) >= 11 is 0. The van der Waals surface area contributed by atoms with Crippen molar-refractivity contribution in [3.05, 3.63) is 35.9 Å². The molecule has 0 aliphatic carbocycles. The lowest BCUT2D eigenvalue weighted by Gasteiger charge is -2.41. The summed E-state index contributed by atoms with van der Waals surface area (Å²) in [5, 5.41) is 2.72. The summed E-state index contributed by atoms with van der Waals surface area (Å²) in [4.78, 5) is 46.1. The highest BCUT2D eigenvalue weighted by molar-refractivity contribution is 5.90. The van der Waals surface area contributed by atoms with Crippen LogP contribution in [-0.2, 0) is 30.4 Å². The molecule has 2 unspecified atom stereocenters. The van der Waals surface area contributed by atoms with E-state index in [1.807, 2.05) is 58.0 Å². The third-order valence-corrected chi connectivity index (χ3v) is 6.09. The molecule has 1 aromatic carbocycles. The zero-order valence-electron chi connectivity index (χ0n) is 23.2. The topological polar surface area (TPSA) is 114 Å². The van der Waals surface area contributed by atoms with Crippen molar-refractivity contribution < 1.29 is 24.0 Å². The van der Waals surface area contributed by atoms with Crippen LogP contribution in [0.2, 0.25) is 0 Å². The number of aryl methyl sites for hydroxylation is 1. The molecule has 0 bridgehead atoms. The molecule has 1 fully saturated rings. The number of hydrazine groups is 1. The van der Waals surface area contributed by atoms with Crippen molar-refractivity contribution in [1.82, 2.24) is 15.5 Å². The number of nitrogens with one attached hydrogen (secondary N) is 1. The van der Waals surface area contributed by atoms with Crippen LogP contribution in [0.5, 0.6) is 0 Å². The summed E-state index contributed by atoms with van der Waals surface area (Å²) in [5.41, 5.74) is 9.67. The first-order valence-electron chi connectivity index (χ1n) is 13.6. The van der Waals surface area contributed by atoms with E-state index < -0.39 is 30.2 Å². The molecule has 208 valence electrons. The smallest absolute Gasteiger partial charge is 0.268 e. The van der Waals surface area contributed by atoms with E-state index in [1.165, 1.54) is 10.0 Å². The second kappa shape index (κ2) is 15.7. The third-order valence-electron chi connectivity index (χ3n) is 6.09. The molecule has 2 rings (SSSR count). The quantitative estimate of drug-likeness (QED) is 0.386. The van der Waals surface area contributed by atoms with Crippen LogP contribution in [0.25, 0.3) is 0 Å². The van der Waals surface area contributed by atoms with Crippen molar-refractivity contribution in [2.75, 3.05) is 13.2 Å². The third kappa shape index (κ3) is 10.4. The van der Waals surface area contributed by atoms with E-state index in [9.17, 15) is 14.4 Å². The lowest BCUT2D eigenvalue weighted by atomic mass is 10.0. The normalized spacial score (nSPS) is 17.4. The molecule has 0 saturated carbocycles. The molecule has 3 atom stereocenters. The van der Waals surface area contributed by atoms with Crippen LogP contribution in [0.3, 0.4) is 0 Å². The Balaban J connectivity index is 2.35. The van der Waals surface area contributed by atoms with Crippen molar-refractivity contribution in [3.63, 3.8) is 0 Å². The number of carbonyl (C=O) groups is 3. The maximum Gasteiger partial charge on any atom is 0.268 e. The van der Waals surface area contributed by atoms with Crippen molar-refractivity contribution in [2.24, 2.45) is 17.6 Å². The summed E-state index contributed by atoms with van der Waals surface area (Å²) in [6, 6.07) is 8.20. The Morgan fingerprint density at radius 2 is 1.78 bits per heavy atom. The molecule has 37 heavy (non-hydrogen) atoms. The van der Waals surface area contributed by atoms with Gasteiger partial charge in [0.15, 0.2) is 6.29 Å². The Labute approximate surface area is 221 Å². The fraction of sp³-hybridized carbons (Fsp3) is 0.679. The molecule has 3 amide bonds. The summed E-state index contributed by atoms with van der Waals surface area (Å²) < 4.78 is 5.58. The minimum Gasteiger partial charge on any atom is -0.350 e. The molecule has 0 aromatic heterocycles. The average molecular weight is 519 g/mol. The van der Waals surface area contributed by atoms with Gasteiger partial charge in [-0.05, 0) is 56.4 Å². The van der Waals surface area contributed by atoms with Gasteiger partial charge >= 0.3 is 0 Å². The molecular formula is C28H46N4O5. The predicted molar refractivity (Wildman–Crippen MR) is 142 cm³/mol. The van der Waals surface area contributed by atoms with Crippen molar-refractivity contribution in [3.8, 4) is 0 Å². The van der Waals surface area contributed by atoms with Crippen LogP contribution in [0.1, 0.15) is 78.7 Å². The van der Waals surface area contributed by atoms with E-state index in [0.717, 1.165) is 24.8 Å². The second-order valence-corrected chi connectivity index (χ2v) is 10.7. The number of rotatable bonds is 13. The number of amides is 3. The minimum absolute atomic E-state index is 0.0428. The van der Waals surface area contributed by atoms with Crippen LogP contribution < -0.4 is 11.2 Å². The Kier molecular flexibility index (Phi) is 13.0. The van der Waals surface area contributed by atoms with Crippen molar-refractivity contribution >= 4 is 17.7 Å². The van der Waals surface area contributed by atoms with Gasteiger partial charge in [0.2, 0.25) is 5.91 Å². The molecule has 9 heteroatoms. The van der Waals surface area contributed by atoms with Gasteiger partial charge in [-0.25, -0.2) is 20.3 Å². The molecule has 1 aromatic rings. The molecule has 1 saturated heterocycles. The van der Waals surface area contributed by atoms with E-state index in [0.29, 0.717) is 25.9 Å². The van der Waals surface area contributed by atoms with Crippen LogP contribution in [0.15, 0.2) is 30.3 Å². The molecule has 0 radical (unpaired) electrons. The Bertz CT molecular complexity index is 840. The molecule has 1 heterocycles. The first kappa shape index (κ1) is 30.7. The van der Waals surface area contributed by atoms with E-state index >= 15 is 0 Å². The van der Waals surface area contributed by atoms with Crippen molar-refractivity contribution in [1.29, 1.82) is 0 Å². The Morgan fingerprint density at radius 1 is 1.08 bits per heavy atom. The van der Waals surface area contributed by atoms with Gasteiger partial charge in [-0.1, -0.05) is 58.0 Å². The molecule has 3 N–H and O–H groups in total. The number of hydrogen-bond acceptors (Lipinski definition) is 6. The molecule has 9 nitrogen and oxygen atoms in total. The fourth-order valence-corrected chi connectivity index (χ4v) is 4.29. The predicted octanol–water partition coefficient (Wildman–Crippen LogP) is 3.57. The van der Waals surface area contributed by atoms with Gasteiger partial charge in [0.25, 0.3) is 11.8 Å². The summed E-state index contributed by atoms with van der Waals surface area (Å²) in [5.74, 6) is -1.08. The number of hydroxylamine groups is 1. The molecule has 1 aliphatic rings. The fourth-order valence-electron chi connectivity index (χ4n) is 4.29. The maximum atomic E-state index is 13.6. The first-order chi connectivity index (χ1) is 17.6. The maximum absolute atomic E-state index is 13.6. The van der Waals surface area contributed by atoms with Gasteiger partial charge in [-0.2, -0.15) is 0 Å². The van der Waals surface area contributed by atoms with Gasteiger partial charge in [0.1, 0.15) is 6.04 Å². The highest BCUT2D eigenvalue weighted by Crippen LogP contribution is 2.20. The number of hydrogen-bond donors (Lipinski definition) is 2. The van der Waals surface area contributed by atoms with Gasteiger partial charge in [0.05, 0.1) is 6.04 Å². The van der Waals surface area contributed by atoms with Gasteiger partial charge in [-0.15, -0.1) is 0 Å². The standard InChI is InChI=1S/C28H46N4O5/c1-20(2)18-25(33)32(31(19-21(3)4)28(35)22(5)29)24(15-11-14-23-12-7-6-8-13-23)27(34)30-37-26-16-9-10-17-36-26/h6-8,12-13,20-22,24,26H,9-11,14-19,29H2,1-5H3,(H,30,34)/t22-,24?,26?/m1/s1. The average Bonchev–Trinajstić information content (AvgIpc) is 2.86. The van der Waals surface area contributed by atoms with E-state index in [1.54, 1.807) is 6.92 Å². The van der Waals surface area contributed by atoms with Crippen LogP contribution >= 0.6 is 0 Å². The number of carbonyl (C=O) groups excluding carboxylic acids is 3. The largest absolute Gasteiger partial charge is 0.350 e. The zero-order chi connectivity index (χ0) is 27.4. The van der Waals surface area contributed by atoms with Crippen molar-refractivity contribution in [2.45, 2.75) is 97.9 Å². The first-order valence-corrected chi connectivity index (χ1v) is 13.6. The minimum atomic E-state index is -0.944. The van der Waals surface area contributed by atoms with Crippen LogP contribution in [0, 0.1) is 11.8 Å². The number of nitrogens with two attached hydrogens (primary N) is 1. The van der Waals surface area contributed by atoms with Gasteiger partial charge < -0.3 is 10.5 Å². The SMILES string of the molecule is CC(C)CC(=O)N(C(CCCc1ccccc1)C(=O)NOC1CCCCO1)N(CC(C)C)C(=O)[C@@H](C)N.